The molecule has 0 radical (unpaired) electrons. The number of furan rings is 1. The van der Waals surface area contributed by atoms with Gasteiger partial charge in [0.05, 0.1) is 0 Å². The van der Waals surface area contributed by atoms with E-state index in [1.54, 1.807) is 0 Å². The first kappa shape index (κ1) is 22.6. The van der Waals surface area contributed by atoms with E-state index < -0.39 is 0 Å². The zero-order valence-corrected chi connectivity index (χ0v) is 21.2. The zero-order chi connectivity index (χ0) is 25.5. The first-order valence-electron chi connectivity index (χ1n) is 12.6. The fourth-order valence-corrected chi connectivity index (χ4v) is 5.16. The topological polar surface area (TPSA) is 51.8 Å². The Balaban J connectivity index is 1.46. The summed E-state index contributed by atoms with van der Waals surface area (Å²) in [5, 5.41) is 2.52. The molecule has 7 rings (SSSR count). The molecule has 182 valence electrons. The molecule has 5 heteroatoms. The van der Waals surface area contributed by atoms with Gasteiger partial charge in [-0.25, -0.2) is 15.0 Å². The van der Waals surface area contributed by atoms with Crippen molar-refractivity contribution in [1.29, 1.82) is 0 Å². The average Bonchev–Trinajstić information content (AvgIpc) is 3.36. The van der Waals surface area contributed by atoms with Crippen molar-refractivity contribution in [1.82, 2.24) is 15.0 Å². The molecule has 0 spiro atoms. The van der Waals surface area contributed by atoms with Gasteiger partial charge < -0.3 is 4.42 Å². The average molecular weight is 512 g/mol. The van der Waals surface area contributed by atoms with Crippen LogP contribution in [0.25, 0.3) is 61.7 Å². The van der Waals surface area contributed by atoms with Crippen LogP contribution in [0.5, 0.6) is 0 Å². The Kier molecular flexibility index (Phi) is 5.60. The van der Waals surface area contributed by atoms with E-state index in [0.717, 1.165) is 57.0 Å². The lowest BCUT2D eigenvalue weighted by Gasteiger charge is -2.11. The maximum absolute atomic E-state index is 6.37. The van der Waals surface area contributed by atoms with Crippen molar-refractivity contribution >= 4 is 39.1 Å². The number of allylic oxidation sites excluding steroid dienone is 4. The molecule has 2 aromatic heterocycles. The minimum Gasteiger partial charge on any atom is -0.456 e. The number of benzene rings is 4. The number of nitrogens with zero attached hydrogens (tertiary/aromatic N) is 3. The number of rotatable bonds is 4. The van der Waals surface area contributed by atoms with Gasteiger partial charge >= 0.3 is 0 Å². The first-order valence-corrected chi connectivity index (χ1v) is 13.0. The fraction of sp³-hybridized carbons (Fsp3) is 0.0606. The van der Waals surface area contributed by atoms with Crippen LogP contribution in [-0.4, -0.2) is 15.0 Å². The second kappa shape index (κ2) is 9.40. The van der Waals surface area contributed by atoms with Gasteiger partial charge in [0.15, 0.2) is 17.5 Å². The largest absolute Gasteiger partial charge is 0.456 e. The monoisotopic (exact) mass is 511 g/mol. The molecule has 0 saturated heterocycles. The summed E-state index contributed by atoms with van der Waals surface area (Å²) < 4.78 is 6.14. The van der Waals surface area contributed by atoms with Gasteiger partial charge in [-0.15, -0.1) is 0 Å². The first-order chi connectivity index (χ1) is 18.7. The predicted octanol–water partition coefficient (Wildman–Crippen LogP) is 9.16. The molecule has 0 N–H and O–H groups in total. The van der Waals surface area contributed by atoms with Crippen molar-refractivity contribution in [3.8, 4) is 34.2 Å². The third kappa shape index (κ3) is 4.09. The van der Waals surface area contributed by atoms with E-state index in [-0.39, 0.29) is 0 Å². The highest BCUT2D eigenvalue weighted by Gasteiger charge is 2.18. The SMILES string of the molecule is Clc1ccc2oc3cccc(-c4nc(-c5ccccc5)nc(-c5cccc(C6=CCCC=C6)c5)n4)c3c2c1. The van der Waals surface area contributed by atoms with E-state index in [4.69, 9.17) is 31.0 Å². The molecular weight excluding hydrogens is 490 g/mol. The van der Waals surface area contributed by atoms with Crippen LogP contribution < -0.4 is 0 Å². The van der Waals surface area contributed by atoms with Gasteiger partial charge in [-0.05, 0) is 54.3 Å². The van der Waals surface area contributed by atoms with Gasteiger partial charge in [-0.1, -0.05) is 90.5 Å². The summed E-state index contributed by atoms with van der Waals surface area (Å²) in [6.07, 6.45) is 8.82. The summed E-state index contributed by atoms with van der Waals surface area (Å²) in [6, 6.07) is 30.0. The van der Waals surface area contributed by atoms with Crippen LogP contribution in [0.4, 0.5) is 0 Å². The smallest absolute Gasteiger partial charge is 0.164 e. The minimum absolute atomic E-state index is 0.587. The Morgan fingerprint density at radius 1 is 0.632 bits per heavy atom. The Morgan fingerprint density at radius 2 is 1.39 bits per heavy atom. The molecule has 0 unspecified atom stereocenters. The standard InChI is InChI=1S/C33H22ClN3O/c34-25-17-18-28-27(20-25)30-26(15-8-16-29(30)38-28)33-36-31(22-11-5-2-6-12-22)35-32(37-33)24-14-7-13-23(19-24)21-9-3-1-4-10-21/h2-3,5-20H,1,4H2. The summed E-state index contributed by atoms with van der Waals surface area (Å²) in [7, 11) is 0. The second-order valence-electron chi connectivity index (χ2n) is 9.31. The summed E-state index contributed by atoms with van der Waals surface area (Å²) in [5.74, 6) is 1.83. The summed E-state index contributed by atoms with van der Waals surface area (Å²) in [6.45, 7) is 0. The van der Waals surface area contributed by atoms with Crippen LogP contribution in [0, 0.1) is 0 Å². The van der Waals surface area contributed by atoms with Crippen LogP contribution in [0.15, 0.2) is 114 Å². The number of aromatic nitrogens is 3. The second-order valence-corrected chi connectivity index (χ2v) is 9.75. The van der Waals surface area contributed by atoms with E-state index >= 15 is 0 Å². The molecule has 6 aromatic rings. The van der Waals surface area contributed by atoms with Crippen LogP contribution >= 0.6 is 11.6 Å². The molecule has 0 amide bonds. The molecule has 0 aliphatic heterocycles. The van der Waals surface area contributed by atoms with Crippen molar-refractivity contribution in [2.24, 2.45) is 0 Å². The summed E-state index contributed by atoms with van der Waals surface area (Å²) >= 11 is 6.37. The third-order valence-electron chi connectivity index (χ3n) is 6.81. The van der Waals surface area contributed by atoms with Gasteiger partial charge in [0.25, 0.3) is 0 Å². The van der Waals surface area contributed by atoms with E-state index in [9.17, 15) is 0 Å². The van der Waals surface area contributed by atoms with Gasteiger partial charge in [0.1, 0.15) is 11.2 Å². The van der Waals surface area contributed by atoms with Crippen molar-refractivity contribution in [3.05, 3.63) is 120 Å². The van der Waals surface area contributed by atoms with Crippen LogP contribution in [0.3, 0.4) is 0 Å². The molecule has 0 bridgehead atoms. The summed E-state index contributed by atoms with van der Waals surface area (Å²) in [4.78, 5) is 14.9. The number of hydrogen-bond donors (Lipinski definition) is 0. The molecule has 1 aliphatic carbocycles. The van der Waals surface area contributed by atoms with Crippen molar-refractivity contribution in [2.45, 2.75) is 12.8 Å². The van der Waals surface area contributed by atoms with Gasteiger partial charge in [0.2, 0.25) is 0 Å². The molecule has 0 saturated carbocycles. The minimum atomic E-state index is 0.587. The van der Waals surface area contributed by atoms with Gasteiger partial charge in [-0.3, -0.25) is 0 Å². The maximum Gasteiger partial charge on any atom is 0.164 e. The van der Waals surface area contributed by atoms with Gasteiger partial charge in [-0.2, -0.15) is 0 Å². The molecule has 0 atom stereocenters. The lowest BCUT2D eigenvalue weighted by molar-refractivity contribution is 0.669. The predicted molar refractivity (Wildman–Crippen MR) is 155 cm³/mol. The van der Waals surface area contributed by atoms with E-state index in [1.165, 1.54) is 5.57 Å². The molecule has 4 aromatic carbocycles. The Bertz CT molecular complexity index is 1890. The van der Waals surface area contributed by atoms with Crippen molar-refractivity contribution in [3.63, 3.8) is 0 Å². The van der Waals surface area contributed by atoms with E-state index in [2.05, 4.69) is 42.5 Å². The Hall–Kier alpha value is -4.54. The number of fused-ring (bicyclic) bond motifs is 3. The summed E-state index contributed by atoms with van der Waals surface area (Å²) in [5.41, 5.74) is 6.66. The number of halogens is 1. The van der Waals surface area contributed by atoms with Crippen LogP contribution in [-0.2, 0) is 0 Å². The van der Waals surface area contributed by atoms with Crippen molar-refractivity contribution in [2.75, 3.05) is 0 Å². The molecule has 2 heterocycles. The Morgan fingerprint density at radius 3 is 2.24 bits per heavy atom. The maximum atomic E-state index is 6.37. The van der Waals surface area contributed by atoms with E-state index in [1.807, 2.05) is 66.7 Å². The quantitative estimate of drug-likeness (QED) is 0.237. The normalized spacial score (nSPS) is 13.2. The molecular formula is C33H22ClN3O. The molecule has 38 heavy (non-hydrogen) atoms. The van der Waals surface area contributed by atoms with Crippen molar-refractivity contribution < 1.29 is 4.42 Å². The molecule has 4 nitrogen and oxygen atoms in total. The highest BCUT2D eigenvalue weighted by Crippen LogP contribution is 2.37. The third-order valence-corrected chi connectivity index (χ3v) is 7.05. The number of hydrogen-bond acceptors (Lipinski definition) is 4. The van der Waals surface area contributed by atoms with E-state index in [0.29, 0.717) is 22.5 Å². The lowest BCUT2D eigenvalue weighted by atomic mass is 9.98. The molecule has 0 fully saturated rings. The van der Waals surface area contributed by atoms with Gasteiger partial charge in [0, 0.05) is 32.5 Å². The zero-order valence-electron chi connectivity index (χ0n) is 20.4. The lowest BCUT2D eigenvalue weighted by Crippen LogP contribution is -2.00. The van der Waals surface area contributed by atoms with Crippen LogP contribution in [0.2, 0.25) is 5.02 Å². The van der Waals surface area contributed by atoms with Crippen LogP contribution in [0.1, 0.15) is 18.4 Å². The fourth-order valence-electron chi connectivity index (χ4n) is 4.99. The Labute approximate surface area is 225 Å². The highest BCUT2D eigenvalue weighted by molar-refractivity contribution is 6.32. The molecule has 1 aliphatic rings. The highest BCUT2D eigenvalue weighted by atomic mass is 35.5.